The Balaban J connectivity index is 1.78. The second-order valence-corrected chi connectivity index (χ2v) is 4.34. The highest BCUT2D eigenvalue weighted by Crippen LogP contribution is 2.16. The molecule has 5 nitrogen and oxygen atoms in total. The fraction of sp³-hybridized carbons (Fsp3) is 0.125. The molecule has 0 radical (unpaired) electrons. The van der Waals surface area contributed by atoms with Gasteiger partial charge in [0.1, 0.15) is 11.6 Å². The van der Waals surface area contributed by atoms with Crippen molar-refractivity contribution < 1.29 is 18.8 Å². The van der Waals surface area contributed by atoms with Crippen LogP contribution in [0.25, 0.3) is 0 Å². The van der Waals surface area contributed by atoms with Gasteiger partial charge in [0.05, 0.1) is 13.3 Å². The number of nitrogens with one attached hydrogen (secondary N) is 1. The summed E-state index contributed by atoms with van der Waals surface area (Å²) in [7, 11) is 1.55. The molecule has 0 fully saturated rings. The van der Waals surface area contributed by atoms with Gasteiger partial charge in [0.2, 0.25) is 0 Å². The summed E-state index contributed by atoms with van der Waals surface area (Å²) in [6.45, 7) is -0.227. The minimum Gasteiger partial charge on any atom is -0.497 e. The number of carbonyl (C=O) groups is 1. The zero-order valence-electron chi connectivity index (χ0n) is 12.0. The molecule has 0 heterocycles. The fourth-order valence-electron chi connectivity index (χ4n) is 1.64. The molecule has 0 unspecified atom stereocenters. The van der Waals surface area contributed by atoms with E-state index in [1.165, 1.54) is 18.3 Å². The first kappa shape index (κ1) is 15.5. The summed E-state index contributed by atoms with van der Waals surface area (Å²) in [6.07, 6.45) is 1.40. The van der Waals surface area contributed by atoms with Crippen LogP contribution in [-0.4, -0.2) is 25.8 Å². The molecule has 0 spiro atoms. The predicted octanol–water partition coefficient (Wildman–Crippen LogP) is 2.82. The van der Waals surface area contributed by atoms with Crippen molar-refractivity contribution in [2.24, 2.45) is 5.16 Å². The average Bonchev–Trinajstić information content (AvgIpc) is 2.53. The molecule has 2 aromatic carbocycles. The van der Waals surface area contributed by atoms with E-state index in [4.69, 9.17) is 9.57 Å². The van der Waals surface area contributed by atoms with E-state index in [0.717, 1.165) is 0 Å². The Hall–Kier alpha value is -2.89. The Morgan fingerprint density at radius 1 is 1.27 bits per heavy atom. The molecule has 0 aromatic heterocycles. The SMILES string of the molecule is COc1cccc(NC(=O)CO/N=C/c2ccc(F)cc2)c1. The second-order valence-electron chi connectivity index (χ2n) is 4.34. The van der Waals surface area contributed by atoms with Crippen LogP contribution in [0.3, 0.4) is 0 Å². The number of benzene rings is 2. The van der Waals surface area contributed by atoms with Gasteiger partial charge in [-0.1, -0.05) is 23.4 Å². The first-order valence-electron chi connectivity index (χ1n) is 6.52. The van der Waals surface area contributed by atoms with Crippen LogP contribution in [0.5, 0.6) is 5.75 Å². The first-order chi connectivity index (χ1) is 10.7. The van der Waals surface area contributed by atoms with E-state index in [1.807, 2.05) is 0 Å². The summed E-state index contributed by atoms with van der Waals surface area (Å²) in [5, 5.41) is 6.31. The van der Waals surface area contributed by atoms with Crippen molar-refractivity contribution in [1.82, 2.24) is 0 Å². The maximum atomic E-state index is 12.7. The molecule has 2 rings (SSSR count). The number of hydrogen-bond donors (Lipinski definition) is 1. The third kappa shape index (κ3) is 4.90. The van der Waals surface area contributed by atoms with Crippen molar-refractivity contribution in [3.05, 3.63) is 59.9 Å². The van der Waals surface area contributed by atoms with Crippen LogP contribution in [0.1, 0.15) is 5.56 Å². The Labute approximate surface area is 127 Å². The standard InChI is InChI=1S/C16H15FN2O3/c1-21-15-4-2-3-14(9-15)19-16(20)11-22-18-10-12-5-7-13(17)8-6-12/h2-10H,11H2,1H3,(H,19,20)/b18-10+. The van der Waals surface area contributed by atoms with Crippen LogP contribution in [0.4, 0.5) is 10.1 Å². The molecule has 0 aliphatic rings. The lowest BCUT2D eigenvalue weighted by molar-refractivity contribution is -0.120. The number of rotatable bonds is 6. The lowest BCUT2D eigenvalue weighted by atomic mass is 10.2. The maximum absolute atomic E-state index is 12.7. The number of amides is 1. The van der Waals surface area contributed by atoms with Gasteiger partial charge in [-0.25, -0.2) is 4.39 Å². The summed E-state index contributed by atoms with van der Waals surface area (Å²) in [5.74, 6) is -0.0201. The highest BCUT2D eigenvalue weighted by molar-refractivity contribution is 5.91. The molecule has 1 amide bonds. The smallest absolute Gasteiger partial charge is 0.265 e. The van der Waals surface area contributed by atoms with Crippen molar-refractivity contribution >= 4 is 17.8 Å². The third-order valence-electron chi connectivity index (χ3n) is 2.70. The van der Waals surface area contributed by atoms with E-state index in [9.17, 15) is 9.18 Å². The quantitative estimate of drug-likeness (QED) is 0.659. The largest absolute Gasteiger partial charge is 0.497 e. The Morgan fingerprint density at radius 2 is 2.05 bits per heavy atom. The van der Waals surface area contributed by atoms with Gasteiger partial charge in [-0.3, -0.25) is 4.79 Å². The zero-order chi connectivity index (χ0) is 15.8. The van der Waals surface area contributed by atoms with Crippen LogP contribution >= 0.6 is 0 Å². The zero-order valence-corrected chi connectivity index (χ0v) is 12.0. The molecule has 1 N–H and O–H groups in total. The van der Waals surface area contributed by atoms with Crippen molar-refractivity contribution in [2.45, 2.75) is 0 Å². The number of halogens is 1. The van der Waals surface area contributed by atoms with Gasteiger partial charge in [-0.05, 0) is 29.8 Å². The Bertz CT molecular complexity index is 657. The number of carbonyl (C=O) groups excluding carboxylic acids is 1. The minimum absolute atomic E-state index is 0.227. The van der Waals surface area contributed by atoms with E-state index in [0.29, 0.717) is 17.0 Å². The van der Waals surface area contributed by atoms with Gasteiger partial charge < -0.3 is 14.9 Å². The molecule has 22 heavy (non-hydrogen) atoms. The Morgan fingerprint density at radius 3 is 2.77 bits per heavy atom. The maximum Gasteiger partial charge on any atom is 0.265 e. The van der Waals surface area contributed by atoms with Crippen LogP contribution in [-0.2, 0) is 9.63 Å². The van der Waals surface area contributed by atoms with Gasteiger partial charge in [-0.2, -0.15) is 0 Å². The second kappa shape index (κ2) is 7.78. The van der Waals surface area contributed by atoms with Crippen LogP contribution in [0.2, 0.25) is 0 Å². The molecule has 0 saturated heterocycles. The summed E-state index contributed by atoms with van der Waals surface area (Å²) >= 11 is 0. The van der Waals surface area contributed by atoms with Gasteiger partial charge in [0, 0.05) is 11.8 Å². The molecule has 0 aliphatic heterocycles. The van der Waals surface area contributed by atoms with E-state index in [-0.39, 0.29) is 18.3 Å². The molecular weight excluding hydrogens is 287 g/mol. The number of oxime groups is 1. The lowest BCUT2D eigenvalue weighted by Crippen LogP contribution is -2.16. The first-order valence-corrected chi connectivity index (χ1v) is 6.52. The minimum atomic E-state index is -0.343. The van der Waals surface area contributed by atoms with E-state index < -0.39 is 0 Å². The van der Waals surface area contributed by atoms with Crippen LogP contribution in [0.15, 0.2) is 53.7 Å². The molecule has 0 bridgehead atoms. The molecule has 0 aliphatic carbocycles. The van der Waals surface area contributed by atoms with Crippen molar-refractivity contribution in [2.75, 3.05) is 19.0 Å². The number of nitrogens with zero attached hydrogens (tertiary/aromatic N) is 1. The average molecular weight is 302 g/mol. The lowest BCUT2D eigenvalue weighted by Gasteiger charge is -2.06. The van der Waals surface area contributed by atoms with Crippen molar-refractivity contribution in [3.63, 3.8) is 0 Å². The van der Waals surface area contributed by atoms with Gasteiger partial charge >= 0.3 is 0 Å². The monoisotopic (exact) mass is 302 g/mol. The normalized spacial score (nSPS) is 10.5. The molecular formula is C16H15FN2O3. The highest BCUT2D eigenvalue weighted by Gasteiger charge is 2.03. The summed E-state index contributed by atoms with van der Waals surface area (Å²) < 4.78 is 17.8. The van der Waals surface area contributed by atoms with Crippen molar-refractivity contribution in [1.29, 1.82) is 0 Å². The topological polar surface area (TPSA) is 59.9 Å². The van der Waals surface area contributed by atoms with Crippen LogP contribution in [0, 0.1) is 5.82 Å². The van der Waals surface area contributed by atoms with E-state index in [1.54, 1.807) is 43.5 Å². The number of ether oxygens (including phenoxy) is 1. The molecule has 0 saturated carbocycles. The number of methoxy groups -OCH3 is 1. The molecule has 2 aromatic rings. The van der Waals surface area contributed by atoms with E-state index >= 15 is 0 Å². The molecule has 0 atom stereocenters. The van der Waals surface area contributed by atoms with Gasteiger partial charge in [0.15, 0.2) is 6.61 Å². The summed E-state index contributed by atoms with van der Waals surface area (Å²) in [6, 6.07) is 12.7. The third-order valence-corrected chi connectivity index (χ3v) is 2.70. The van der Waals surface area contributed by atoms with E-state index in [2.05, 4.69) is 10.5 Å². The molecule has 6 heteroatoms. The summed E-state index contributed by atoms with van der Waals surface area (Å²) in [5.41, 5.74) is 1.28. The number of hydrogen-bond acceptors (Lipinski definition) is 4. The van der Waals surface area contributed by atoms with Gasteiger partial charge in [-0.15, -0.1) is 0 Å². The fourth-order valence-corrected chi connectivity index (χ4v) is 1.64. The predicted molar refractivity (Wildman–Crippen MR) is 81.6 cm³/mol. The number of anilines is 1. The van der Waals surface area contributed by atoms with Gasteiger partial charge in [0.25, 0.3) is 5.91 Å². The highest BCUT2D eigenvalue weighted by atomic mass is 19.1. The Kier molecular flexibility index (Phi) is 5.48. The summed E-state index contributed by atoms with van der Waals surface area (Å²) in [4.78, 5) is 16.6. The van der Waals surface area contributed by atoms with Crippen molar-refractivity contribution in [3.8, 4) is 5.75 Å². The van der Waals surface area contributed by atoms with Crippen LogP contribution < -0.4 is 10.1 Å². The molecule has 114 valence electrons.